The third kappa shape index (κ3) is 3.36. The number of carbonyl (C=O) groups excluding carboxylic acids is 1. The standard InChI is InChI=1S/C14H11BrN2OS3/c1-2-8-5-9-13(16-7-17-14(9)20-8)19-6-10(18)11-3-4-12(15)21-11/h3-5,7H,2,6H2,1H3. The van der Waals surface area contributed by atoms with Gasteiger partial charge in [-0.1, -0.05) is 18.7 Å². The number of nitrogens with zero attached hydrogens (tertiary/aromatic N) is 2. The van der Waals surface area contributed by atoms with Gasteiger partial charge in [0.1, 0.15) is 16.2 Å². The Bertz CT molecular complexity index is 796. The lowest BCUT2D eigenvalue weighted by Gasteiger charge is -2.00. The van der Waals surface area contributed by atoms with Crippen LogP contribution in [0.5, 0.6) is 0 Å². The third-order valence-electron chi connectivity index (χ3n) is 2.88. The number of aryl methyl sites for hydroxylation is 1. The number of rotatable bonds is 5. The van der Waals surface area contributed by atoms with E-state index in [2.05, 4.69) is 38.9 Å². The van der Waals surface area contributed by atoms with Crippen LogP contribution in [-0.2, 0) is 6.42 Å². The second-order valence-corrected chi connectivity index (χ2v) is 8.82. The molecule has 3 nitrogen and oxygen atoms in total. The van der Waals surface area contributed by atoms with Crippen LogP contribution in [0.2, 0.25) is 0 Å². The zero-order valence-electron chi connectivity index (χ0n) is 11.1. The molecule has 0 amide bonds. The number of Topliss-reactive ketones (excluding diaryl/α,β-unsaturated/α-hetero) is 1. The Morgan fingerprint density at radius 1 is 1.33 bits per heavy atom. The Morgan fingerprint density at radius 3 is 2.90 bits per heavy atom. The van der Waals surface area contributed by atoms with Gasteiger partial charge in [0.25, 0.3) is 0 Å². The highest BCUT2D eigenvalue weighted by molar-refractivity contribution is 9.11. The number of thioether (sulfide) groups is 1. The summed E-state index contributed by atoms with van der Waals surface area (Å²) in [7, 11) is 0. The van der Waals surface area contributed by atoms with Crippen molar-refractivity contribution in [3.63, 3.8) is 0 Å². The smallest absolute Gasteiger partial charge is 0.183 e. The summed E-state index contributed by atoms with van der Waals surface area (Å²) in [6, 6.07) is 5.89. The zero-order valence-corrected chi connectivity index (χ0v) is 15.2. The number of thiophene rings is 2. The van der Waals surface area contributed by atoms with E-state index in [0.717, 1.165) is 30.3 Å². The summed E-state index contributed by atoms with van der Waals surface area (Å²) in [5.74, 6) is 0.532. The molecule has 0 unspecified atom stereocenters. The van der Waals surface area contributed by atoms with E-state index in [9.17, 15) is 4.79 Å². The molecular formula is C14H11BrN2OS3. The molecule has 0 aliphatic heterocycles. The van der Waals surface area contributed by atoms with Gasteiger partial charge in [0.05, 0.1) is 14.4 Å². The molecule has 21 heavy (non-hydrogen) atoms. The minimum atomic E-state index is 0.133. The average molecular weight is 399 g/mol. The summed E-state index contributed by atoms with van der Waals surface area (Å²) in [5, 5.41) is 1.95. The van der Waals surface area contributed by atoms with Crippen LogP contribution in [0.25, 0.3) is 10.2 Å². The highest BCUT2D eigenvalue weighted by Gasteiger charge is 2.13. The van der Waals surface area contributed by atoms with E-state index in [1.165, 1.54) is 28.0 Å². The van der Waals surface area contributed by atoms with Crippen LogP contribution < -0.4 is 0 Å². The molecule has 3 aromatic rings. The SMILES string of the molecule is CCc1cc2c(SCC(=O)c3ccc(Br)s3)ncnc2s1. The minimum Gasteiger partial charge on any atom is -0.292 e. The summed E-state index contributed by atoms with van der Waals surface area (Å²) in [6.07, 6.45) is 2.57. The third-order valence-corrected chi connectivity index (χ3v) is 6.74. The first-order valence-corrected chi connectivity index (χ1v) is 9.73. The van der Waals surface area contributed by atoms with Crippen LogP contribution in [-0.4, -0.2) is 21.5 Å². The number of hydrogen-bond donors (Lipinski definition) is 0. The van der Waals surface area contributed by atoms with Crippen molar-refractivity contribution in [2.75, 3.05) is 5.75 Å². The predicted molar refractivity (Wildman–Crippen MR) is 93.9 cm³/mol. The van der Waals surface area contributed by atoms with E-state index in [1.54, 1.807) is 17.7 Å². The molecule has 3 heterocycles. The number of halogens is 1. The van der Waals surface area contributed by atoms with Gasteiger partial charge in [0.2, 0.25) is 0 Å². The lowest BCUT2D eigenvalue weighted by molar-refractivity contribution is 0.102. The first-order valence-electron chi connectivity index (χ1n) is 6.32. The first kappa shape index (κ1) is 15.1. The van der Waals surface area contributed by atoms with Crippen LogP contribution in [0.1, 0.15) is 21.5 Å². The van der Waals surface area contributed by atoms with E-state index < -0.39 is 0 Å². The summed E-state index contributed by atoms with van der Waals surface area (Å²) in [4.78, 5) is 23.9. The molecular weight excluding hydrogens is 388 g/mol. The van der Waals surface area contributed by atoms with Crippen molar-refractivity contribution in [2.45, 2.75) is 18.4 Å². The zero-order chi connectivity index (χ0) is 14.8. The van der Waals surface area contributed by atoms with E-state index in [0.29, 0.717) is 5.75 Å². The van der Waals surface area contributed by atoms with Gasteiger partial charge >= 0.3 is 0 Å². The van der Waals surface area contributed by atoms with Crippen molar-refractivity contribution in [2.24, 2.45) is 0 Å². The van der Waals surface area contributed by atoms with Crippen molar-refractivity contribution < 1.29 is 4.79 Å². The lowest BCUT2D eigenvalue weighted by Crippen LogP contribution is -1.99. The average Bonchev–Trinajstić information content (AvgIpc) is 3.10. The Kier molecular flexibility index (Phi) is 4.73. The Morgan fingerprint density at radius 2 is 2.19 bits per heavy atom. The van der Waals surface area contributed by atoms with E-state index in [1.807, 2.05) is 12.1 Å². The van der Waals surface area contributed by atoms with Gasteiger partial charge in [-0.25, -0.2) is 9.97 Å². The van der Waals surface area contributed by atoms with Crippen LogP contribution in [0.3, 0.4) is 0 Å². The van der Waals surface area contributed by atoms with Crippen LogP contribution in [0.4, 0.5) is 0 Å². The second-order valence-electron chi connectivity index (χ2n) is 4.28. The summed E-state index contributed by atoms with van der Waals surface area (Å²) in [6.45, 7) is 2.13. The van der Waals surface area contributed by atoms with Gasteiger partial charge in [0.15, 0.2) is 5.78 Å². The number of ketones is 1. The fourth-order valence-electron chi connectivity index (χ4n) is 1.84. The number of carbonyl (C=O) groups is 1. The summed E-state index contributed by atoms with van der Waals surface area (Å²) in [5.41, 5.74) is 0. The lowest BCUT2D eigenvalue weighted by atomic mass is 10.3. The van der Waals surface area contributed by atoms with Gasteiger partial charge < -0.3 is 0 Å². The maximum Gasteiger partial charge on any atom is 0.183 e. The molecule has 0 N–H and O–H groups in total. The molecule has 108 valence electrons. The van der Waals surface area contributed by atoms with Crippen LogP contribution in [0, 0.1) is 0 Å². The maximum absolute atomic E-state index is 12.2. The Balaban J connectivity index is 1.79. The largest absolute Gasteiger partial charge is 0.292 e. The van der Waals surface area contributed by atoms with Gasteiger partial charge in [-0.2, -0.15) is 0 Å². The normalized spacial score (nSPS) is 11.1. The summed E-state index contributed by atoms with van der Waals surface area (Å²) < 4.78 is 0.977. The van der Waals surface area contributed by atoms with Gasteiger partial charge in [-0.3, -0.25) is 4.79 Å². The molecule has 0 bridgehead atoms. The molecule has 0 saturated carbocycles. The molecule has 0 aliphatic rings. The highest BCUT2D eigenvalue weighted by atomic mass is 79.9. The molecule has 7 heteroatoms. The van der Waals surface area contributed by atoms with Gasteiger partial charge in [-0.05, 0) is 40.5 Å². The number of fused-ring (bicyclic) bond motifs is 1. The highest BCUT2D eigenvalue weighted by Crippen LogP contribution is 2.32. The molecule has 3 rings (SSSR count). The van der Waals surface area contributed by atoms with Crippen molar-refractivity contribution in [3.05, 3.63) is 38.1 Å². The quantitative estimate of drug-likeness (QED) is 0.342. The minimum absolute atomic E-state index is 0.133. The van der Waals surface area contributed by atoms with Crippen molar-refractivity contribution in [1.29, 1.82) is 0 Å². The molecule has 0 radical (unpaired) electrons. The van der Waals surface area contributed by atoms with Crippen molar-refractivity contribution in [1.82, 2.24) is 9.97 Å². The van der Waals surface area contributed by atoms with Crippen molar-refractivity contribution >= 4 is 66.4 Å². The molecule has 0 saturated heterocycles. The second kappa shape index (κ2) is 6.56. The van der Waals surface area contributed by atoms with Crippen LogP contribution in [0.15, 0.2) is 33.3 Å². The number of aromatic nitrogens is 2. The van der Waals surface area contributed by atoms with Gasteiger partial charge in [0, 0.05) is 10.3 Å². The molecule has 0 spiro atoms. The van der Waals surface area contributed by atoms with E-state index in [4.69, 9.17) is 0 Å². The topological polar surface area (TPSA) is 42.9 Å². The Hall–Kier alpha value is -0.760. The predicted octanol–water partition coefficient (Wildman–Crippen LogP) is 5.05. The molecule has 0 fully saturated rings. The number of hydrogen-bond acceptors (Lipinski definition) is 6. The molecule has 0 aliphatic carbocycles. The van der Waals surface area contributed by atoms with E-state index >= 15 is 0 Å². The summed E-state index contributed by atoms with van der Waals surface area (Å²) >= 11 is 8.02. The van der Waals surface area contributed by atoms with Crippen LogP contribution >= 0.6 is 50.4 Å². The van der Waals surface area contributed by atoms with Crippen molar-refractivity contribution in [3.8, 4) is 0 Å². The van der Waals surface area contributed by atoms with E-state index in [-0.39, 0.29) is 5.78 Å². The fourth-order valence-corrected chi connectivity index (χ4v) is 5.11. The fraction of sp³-hybridized carbons (Fsp3) is 0.214. The molecule has 3 aromatic heterocycles. The molecule has 0 aromatic carbocycles. The first-order chi connectivity index (χ1) is 10.2. The monoisotopic (exact) mass is 398 g/mol. The Labute approximate surface area is 143 Å². The van der Waals surface area contributed by atoms with Gasteiger partial charge in [-0.15, -0.1) is 22.7 Å². The maximum atomic E-state index is 12.2. The molecule has 0 atom stereocenters.